The number of fused-ring (bicyclic) bond motifs is 1. The van der Waals surface area contributed by atoms with E-state index in [0.717, 1.165) is 15.5 Å². The van der Waals surface area contributed by atoms with Crippen molar-refractivity contribution in [2.75, 3.05) is 36.4 Å². The van der Waals surface area contributed by atoms with E-state index in [0.29, 0.717) is 43.0 Å². The second-order valence-corrected chi connectivity index (χ2v) is 8.43. The van der Waals surface area contributed by atoms with Gasteiger partial charge < -0.3 is 15.1 Å². The highest BCUT2D eigenvalue weighted by atomic mass is 32.1. The van der Waals surface area contributed by atoms with Gasteiger partial charge in [-0.2, -0.15) is 0 Å². The van der Waals surface area contributed by atoms with E-state index >= 15 is 0 Å². The van der Waals surface area contributed by atoms with E-state index in [1.54, 1.807) is 41.8 Å². The lowest BCUT2D eigenvalue weighted by molar-refractivity contribution is 0.0748. The summed E-state index contributed by atoms with van der Waals surface area (Å²) in [6.07, 6.45) is 1.77. The molecule has 0 aliphatic carbocycles. The summed E-state index contributed by atoms with van der Waals surface area (Å²) in [5, 5.41) is 3.82. The van der Waals surface area contributed by atoms with Crippen molar-refractivity contribution in [3.05, 3.63) is 84.1 Å². The van der Waals surface area contributed by atoms with Crippen molar-refractivity contribution in [2.45, 2.75) is 0 Å². The maximum Gasteiger partial charge on any atom is 0.256 e. The summed E-state index contributed by atoms with van der Waals surface area (Å²) in [4.78, 5) is 39.8. The molecule has 2 aromatic carbocycles. The van der Waals surface area contributed by atoms with Crippen LogP contribution in [0.1, 0.15) is 20.7 Å². The average Bonchev–Trinajstić information content (AvgIpc) is 3.29. The molecule has 1 aliphatic rings. The molecule has 0 unspecified atom stereocenters. The van der Waals surface area contributed by atoms with Crippen molar-refractivity contribution >= 4 is 44.3 Å². The Kier molecular flexibility index (Phi) is 5.51. The molecule has 160 valence electrons. The van der Waals surface area contributed by atoms with Gasteiger partial charge in [0.25, 0.3) is 11.8 Å². The van der Waals surface area contributed by atoms with Crippen LogP contribution in [0.4, 0.5) is 10.8 Å². The third-order valence-corrected chi connectivity index (χ3v) is 6.47. The molecule has 3 heterocycles. The van der Waals surface area contributed by atoms with Crippen LogP contribution < -0.4 is 10.2 Å². The number of piperazine rings is 1. The summed E-state index contributed by atoms with van der Waals surface area (Å²) in [5.41, 5.74) is 2.46. The molecule has 5 rings (SSSR count). The van der Waals surface area contributed by atoms with E-state index in [4.69, 9.17) is 0 Å². The van der Waals surface area contributed by atoms with Crippen LogP contribution >= 0.6 is 11.3 Å². The van der Waals surface area contributed by atoms with Gasteiger partial charge >= 0.3 is 0 Å². The highest BCUT2D eigenvalue weighted by molar-refractivity contribution is 7.21. The van der Waals surface area contributed by atoms with E-state index in [1.165, 1.54) is 0 Å². The molecule has 4 aromatic rings. The van der Waals surface area contributed by atoms with Gasteiger partial charge in [-0.05, 0) is 36.4 Å². The Morgan fingerprint density at radius 1 is 0.875 bits per heavy atom. The molecule has 32 heavy (non-hydrogen) atoms. The largest absolute Gasteiger partial charge is 0.344 e. The number of carbonyl (C=O) groups excluding carboxylic acids is 2. The number of amides is 2. The minimum Gasteiger partial charge on any atom is -0.344 e. The summed E-state index contributed by atoms with van der Waals surface area (Å²) >= 11 is 1.57. The first-order valence-corrected chi connectivity index (χ1v) is 11.2. The number of hydrogen-bond acceptors (Lipinski definition) is 6. The van der Waals surface area contributed by atoms with E-state index in [-0.39, 0.29) is 11.8 Å². The molecule has 8 heteroatoms. The first kappa shape index (κ1) is 20.1. The van der Waals surface area contributed by atoms with Crippen LogP contribution in [0.3, 0.4) is 0 Å². The number of pyridine rings is 1. The SMILES string of the molecule is O=C(Nc1ccccc1C(=O)N1CCN(c2nc3cccnc3s2)CC1)c1ccccc1. The number of nitrogens with one attached hydrogen (secondary N) is 1. The fourth-order valence-electron chi connectivity index (χ4n) is 3.73. The number of carbonyl (C=O) groups is 2. The third kappa shape index (κ3) is 4.04. The first-order valence-electron chi connectivity index (χ1n) is 10.4. The Bertz CT molecular complexity index is 1230. The zero-order chi connectivity index (χ0) is 21.9. The lowest BCUT2D eigenvalue weighted by Crippen LogP contribution is -2.48. The lowest BCUT2D eigenvalue weighted by Gasteiger charge is -2.34. The standard InChI is InChI=1S/C24H21N5O2S/c30-21(17-7-2-1-3-8-17)26-19-10-5-4-9-18(19)23(31)28-13-15-29(16-14-28)24-27-20-11-6-12-25-22(20)32-24/h1-12H,13-16H2,(H,26,30). The van der Waals surface area contributed by atoms with Gasteiger partial charge in [-0.25, -0.2) is 9.97 Å². The van der Waals surface area contributed by atoms with E-state index in [9.17, 15) is 9.59 Å². The minimum absolute atomic E-state index is 0.0837. The van der Waals surface area contributed by atoms with Crippen LogP contribution in [0, 0.1) is 0 Å². The van der Waals surface area contributed by atoms with Crippen molar-refractivity contribution in [3.8, 4) is 0 Å². The van der Waals surface area contributed by atoms with Crippen LogP contribution in [0.2, 0.25) is 0 Å². The van der Waals surface area contributed by atoms with Gasteiger partial charge in [-0.3, -0.25) is 9.59 Å². The molecule has 7 nitrogen and oxygen atoms in total. The number of anilines is 2. The van der Waals surface area contributed by atoms with Gasteiger partial charge in [0.2, 0.25) is 0 Å². The molecule has 1 N–H and O–H groups in total. The van der Waals surface area contributed by atoms with Gasteiger partial charge in [0.1, 0.15) is 10.3 Å². The number of hydrogen-bond donors (Lipinski definition) is 1. The molecule has 0 atom stereocenters. The fourth-order valence-corrected chi connectivity index (χ4v) is 4.69. The normalized spacial score (nSPS) is 13.9. The Labute approximate surface area is 189 Å². The molecule has 0 bridgehead atoms. The average molecular weight is 444 g/mol. The second-order valence-electron chi connectivity index (χ2n) is 7.47. The number of thiazole rings is 1. The van der Waals surface area contributed by atoms with Crippen LogP contribution in [0.5, 0.6) is 0 Å². The van der Waals surface area contributed by atoms with Crippen LogP contribution in [0.25, 0.3) is 10.3 Å². The van der Waals surface area contributed by atoms with Crippen LogP contribution in [-0.2, 0) is 0 Å². The third-order valence-electron chi connectivity index (χ3n) is 5.43. The Morgan fingerprint density at radius 3 is 2.41 bits per heavy atom. The summed E-state index contributed by atoms with van der Waals surface area (Å²) in [6, 6.07) is 20.0. The molecule has 0 saturated carbocycles. The van der Waals surface area contributed by atoms with E-state index in [2.05, 4.69) is 20.2 Å². The van der Waals surface area contributed by atoms with Crippen molar-refractivity contribution in [1.29, 1.82) is 0 Å². The van der Waals surface area contributed by atoms with Gasteiger partial charge in [0.15, 0.2) is 5.13 Å². The predicted octanol–water partition coefficient (Wildman–Crippen LogP) is 3.91. The van der Waals surface area contributed by atoms with Gasteiger partial charge in [-0.15, -0.1) is 0 Å². The Balaban J connectivity index is 1.28. The molecule has 1 saturated heterocycles. The summed E-state index contributed by atoms with van der Waals surface area (Å²) < 4.78 is 0. The number of nitrogens with zero attached hydrogens (tertiary/aromatic N) is 4. The lowest BCUT2D eigenvalue weighted by atomic mass is 10.1. The fraction of sp³-hybridized carbons (Fsp3) is 0.167. The maximum absolute atomic E-state index is 13.3. The van der Waals surface area contributed by atoms with Crippen molar-refractivity contribution in [3.63, 3.8) is 0 Å². The zero-order valence-electron chi connectivity index (χ0n) is 17.3. The van der Waals surface area contributed by atoms with Crippen molar-refractivity contribution in [2.24, 2.45) is 0 Å². The number of para-hydroxylation sites is 1. The molecule has 0 spiro atoms. The number of aromatic nitrogens is 2. The Hall–Kier alpha value is -3.78. The number of rotatable bonds is 4. The van der Waals surface area contributed by atoms with E-state index in [1.807, 2.05) is 47.4 Å². The van der Waals surface area contributed by atoms with Crippen LogP contribution in [0.15, 0.2) is 72.9 Å². The van der Waals surface area contributed by atoms with Gasteiger partial charge in [0.05, 0.1) is 11.3 Å². The molecular weight excluding hydrogens is 422 g/mol. The second kappa shape index (κ2) is 8.76. The molecule has 0 radical (unpaired) electrons. The van der Waals surface area contributed by atoms with Gasteiger partial charge in [-0.1, -0.05) is 41.7 Å². The molecule has 1 aliphatic heterocycles. The molecular formula is C24H21N5O2S. The molecule has 2 amide bonds. The Morgan fingerprint density at radius 2 is 1.62 bits per heavy atom. The predicted molar refractivity (Wildman–Crippen MR) is 126 cm³/mol. The topological polar surface area (TPSA) is 78.4 Å². The smallest absolute Gasteiger partial charge is 0.256 e. The quantitative estimate of drug-likeness (QED) is 0.518. The highest BCUT2D eigenvalue weighted by Gasteiger charge is 2.25. The van der Waals surface area contributed by atoms with Crippen molar-refractivity contribution < 1.29 is 9.59 Å². The molecule has 2 aromatic heterocycles. The summed E-state index contributed by atoms with van der Waals surface area (Å²) in [7, 11) is 0. The summed E-state index contributed by atoms with van der Waals surface area (Å²) in [6.45, 7) is 2.57. The number of benzene rings is 2. The zero-order valence-corrected chi connectivity index (χ0v) is 18.1. The van der Waals surface area contributed by atoms with Crippen LogP contribution in [-0.4, -0.2) is 52.9 Å². The summed E-state index contributed by atoms with van der Waals surface area (Å²) in [5.74, 6) is -0.320. The first-order chi connectivity index (χ1) is 15.7. The maximum atomic E-state index is 13.3. The van der Waals surface area contributed by atoms with Gasteiger partial charge in [0, 0.05) is 37.9 Å². The molecule has 1 fully saturated rings. The minimum atomic E-state index is -0.236. The van der Waals surface area contributed by atoms with Crippen molar-refractivity contribution in [1.82, 2.24) is 14.9 Å². The monoisotopic (exact) mass is 443 g/mol. The van der Waals surface area contributed by atoms with E-state index < -0.39 is 0 Å². The highest BCUT2D eigenvalue weighted by Crippen LogP contribution is 2.28.